The lowest BCUT2D eigenvalue weighted by Crippen LogP contribution is -2.40. The first-order chi connectivity index (χ1) is 13.5. The highest BCUT2D eigenvalue weighted by Gasteiger charge is 2.30. The number of hydrogen-bond acceptors (Lipinski definition) is 3. The molecule has 1 aliphatic rings. The van der Waals surface area contributed by atoms with E-state index in [9.17, 15) is 9.59 Å². The summed E-state index contributed by atoms with van der Waals surface area (Å²) in [6.45, 7) is 5.40. The van der Waals surface area contributed by atoms with Crippen molar-refractivity contribution in [2.24, 2.45) is 0 Å². The van der Waals surface area contributed by atoms with E-state index in [1.54, 1.807) is 24.3 Å². The molecule has 1 unspecified atom stereocenters. The van der Waals surface area contributed by atoms with Crippen LogP contribution in [0.3, 0.4) is 0 Å². The van der Waals surface area contributed by atoms with Crippen LogP contribution in [0.2, 0.25) is 5.02 Å². The smallest absolute Gasteiger partial charge is 0.264 e. The maximum absolute atomic E-state index is 13.2. The summed E-state index contributed by atoms with van der Waals surface area (Å²) in [6, 6.07) is 12.8. The van der Waals surface area contributed by atoms with Crippen molar-refractivity contribution in [2.75, 3.05) is 11.9 Å². The Bertz CT molecular complexity index is 1060. The van der Waals surface area contributed by atoms with Gasteiger partial charge in [0.2, 0.25) is 0 Å². The van der Waals surface area contributed by atoms with Crippen LogP contribution in [0.25, 0.3) is 0 Å². The van der Waals surface area contributed by atoms with Gasteiger partial charge in [-0.05, 0) is 49.7 Å². The molecule has 2 aromatic heterocycles. The van der Waals surface area contributed by atoms with E-state index in [2.05, 4.69) is 16.0 Å². The monoisotopic (exact) mass is 413 g/mol. The summed E-state index contributed by atoms with van der Waals surface area (Å²) >= 11 is 7.40. The van der Waals surface area contributed by atoms with E-state index in [4.69, 9.17) is 11.6 Å². The molecule has 3 aromatic rings. The normalized spacial score (nSPS) is 16.0. The third-order valence-corrected chi connectivity index (χ3v) is 6.54. The average molecular weight is 414 g/mol. The van der Waals surface area contributed by atoms with Crippen molar-refractivity contribution < 1.29 is 9.59 Å². The number of carbonyl (C=O) groups excluding carboxylic acids is 2. The number of halogens is 1. The summed E-state index contributed by atoms with van der Waals surface area (Å²) < 4.78 is 2.19. The number of carbonyl (C=O) groups is 2. The molecule has 1 atom stereocenters. The van der Waals surface area contributed by atoms with E-state index in [1.807, 2.05) is 37.1 Å². The van der Waals surface area contributed by atoms with Crippen LogP contribution in [0, 0.1) is 6.92 Å². The van der Waals surface area contributed by atoms with E-state index >= 15 is 0 Å². The molecule has 0 fully saturated rings. The van der Waals surface area contributed by atoms with Crippen molar-refractivity contribution in [3.63, 3.8) is 0 Å². The maximum Gasteiger partial charge on any atom is 0.264 e. The summed E-state index contributed by atoms with van der Waals surface area (Å²) in [7, 11) is 0. The molecule has 7 heteroatoms. The lowest BCUT2D eigenvalue weighted by molar-refractivity contribution is 0.0648. The predicted octanol–water partition coefficient (Wildman–Crippen LogP) is 4.98. The van der Waals surface area contributed by atoms with E-state index in [0.29, 0.717) is 27.0 Å². The molecular weight excluding hydrogens is 394 g/mol. The van der Waals surface area contributed by atoms with E-state index in [-0.39, 0.29) is 17.9 Å². The maximum atomic E-state index is 13.2. The Morgan fingerprint density at radius 1 is 1.18 bits per heavy atom. The SMILES string of the molecule is Cc1cc(NC(=O)c2ccccc2Cl)sc1C(=O)N1CCn2cccc2C1C. The Balaban J connectivity index is 1.54. The molecule has 0 spiro atoms. The summed E-state index contributed by atoms with van der Waals surface area (Å²) in [5, 5.41) is 3.90. The Labute approximate surface area is 172 Å². The summed E-state index contributed by atoms with van der Waals surface area (Å²) in [5.41, 5.74) is 2.41. The fourth-order valence-corrected chi connectivity index (χ4v) is 4.81. The number of nitrogens with one attached hydrogen (secondary N) is 1. The minimum atomic E-state index is -0.282. The second kappa shape index (κ2) is 7.45. The number of hydrogen-bond donors (Lipinski definition) is 1. The first-order valence-corrected chi connectivity index (χ1v) is 10.3. The fourth-order valence-electron chi connectivity index (χ4n) is 3.57. The van der Waals surface area contributed by atoms with Gasteiger partial charge in [0, 0.05) is 25.0 Å². The van der Waals surface area contributed by atoms with Gasteiger partial charge in [0.15, 0.2) is 0 Å². The summed E-state index contributed by atoms with van der Waals surface area (Å²) in [4.78, 5) is 28.2. The topological polar surface area (TPSA) is 54.3 Å². The molecule has 1 aromatic carbocycles. The highest BCUT2D eigenvalue weighted by atomic mass is 35.5. The number of anilines is 1. The average Bonchev–Trinajstić information content (AvgIpc) is 3.29. The fraction of sp³-hybridized carbons (Fsp3) is 0.238. The molecule has 0 bridgehead atoms. The molecule has 144 valence electrons. The number of thiophene rings is 1. The molecule has 2 amide bonds. The minimum Gasteiger partial charge on any atom is -0.348 e. The molecule has 0 aliphatic carbocycles. The van der Waals surface area contributed by atoms with Gasteiger partial charge in [0.05, 0.1) is 26.5 Å². The quantitative estimate of drug-likeness (QED) is 0.658. The van der Waals surface area contributed by atoms with E-state index in [0.717, 1.165) is 17.8 Å². The summed E-state index contributed by atoms with van der Waals surface area (Å²) in [6.07, 6.45) is 2.05. The minimum absolute atomic E-state index is 0.000641. The largest absolute Gasteiger partial charge is 0.348 e. The van der Waals surface area contributed by atoms with Gasteiger partial charge in [-0.2, -0.15) is 0 Å². The number of nitrogens with zero attached hydrogens (tertiary/aromatic N) is 2. The zero-order valence-electron chi connectivity index (χ0n) is 15.6. The highest BCUT2D eigenvalue weighted by molar-refractivity contribution is 7.18. The first kappa shape index (κ1) is 18.8. The Kier molecular flexibility index (Phi) is 5.00. The number of aryl methyl sites for hydroxylation is 1. The van der Waals surface area contributed by atoms with Gasteiger partial charge in [0.25, 0.3) is 11.8 Å². The zero-order valence-corrected chi connectivity index (χ0v) is 17.2. The first-order valence-electron chi connectivity index (χ1n) is 9.08. The molecular formula is C21H20ClN3O2S. The molecule has 5 nitrogen and oxygen atoms in total. The van der Waals surface area contributed by atoms with Crippen LogP contribution >= 0.6 is 22.9 Å². The number of fused-ring (bicyclic) bond motifs is 1. The Morgan fingerprint density at radius 3 is 2.75 bits per heavy atom. The Morgan fingerprint density at radius 2 is 1.96 bits per heavy atom. The van der Waals surface area contributed by atoms with Crippen LogP contribution in [0.5, 0.6) is 0 Å². The van der Waals surface area contributed by atoms with Crippen LogP contribution in [-0.4, -0.2) is 27.8 Å². The van der Waals surface area contributed by atoms with Crippen molar-refractivity contribution >= 4 is 39.8 Å². The molecule has 1 N–H and O–H groups in total. The molecule has 28 heavy (non-hydrogen) atoms. The van der Waals surface area contributed by atoms with E-state index in [1.165, 1.54) is 11.3 Å². The van der Waals surface area contributed by atoms with Gasteiger partial charge in [-0.25, -0.2) is 0 Å². The second-order valence-corrected chi connectivity index (χ2v) is 8.32. The summed E-state index contributed by atoms with van der Waals surface area (Å²) in [5.74, 6) is -0.282. The molecule has 1 aliphatic heterocycles. The lowest BCUT2D eigenvalue weighted by atomic mass is 10.1. The molecule has 4 rings (SSSR count). The number of amides is 2. The van der Waals surface area contributed by atoms with Crippen LogP contribution in [0.1, 0.15) is 44.3 Å². The van der Waals surface area contributed by atoms with Gasteiger partial charge >= 0.3 is 0 Å². The van der Waals surface area contributed by atoms with Crippen LogP contribution < -0.4 is 5.32 Å². The third-order valence-electron chi connectivity index (χ3n) is 5.07. The van der Waals surface area contributed by atoms with E-state index < -0.39 is 0 Å². The van der Waals surface area contributed by atoms with Crippen LogP contribution in [-0.2, 0) is 6.54 Å². The van der Waals surface area contributed by atoms with Gasteiger partial charge in [0.1, 0.15) is 0 Å². The number of aromatic nitrogens is 1. The second-order valence-electron chi connectivity index (χ2n) is 6.86. The van der Waals surface area contributed by atoms with Crippen LogP contribution in [0.15, 0.2) is 48.7 Å². The van der Waals surface area contributed by atoms with Gasteiger partial charge < -0.3 is 14.8 Å². The molecule has 0 saturated heterocycles. The highest BCUT2D eigenvalue weighted by Crippen LogP contribution is 2.33. The van der Waals surface area contributed by atoms with Crippen molar-refractivity contribution in [3.8, 4) is 0 Å². The van der Waals surface area contributed by atoms with Gasteiger partial charge in [-0.15, -0.1) is 11.3 Å². The number of benzene rings is 1. The lowest BCUT2D eigenvalue weighted by Gasteiger charge is -2.34. The predicted molar refractivity (Wildman–Crippen MR) is 112 cm³/mol. The molecule has 0 radical (unpaired) electrons. The molecule has 0 saturated carbocycles. The van der Waals surface area contributed by atoms with Crippen LogP contribution in [0.4, 0.5) is 5.00 Å². The standard InChI is InChI=1S/C21H20ClN3O2S/c1-13-12-18(23-20(26)15-6-3-4-7-16(15)22)28-19(13)21(27)25-11-10-24-9-5-8-17(24)14(25)2/h3-9,12,14H,10-11H2,1-2H3,(H,23,26). The third kappa shape index (κ3) is 3.34. The number of rotatable bonds is 3. The van der Waals surface area contributed by atoms with Gasteiger partial charge in [-0.3, -0.25) is 9.59 Å². The Hall–Kier alpha value is -2.57. The van der Waals surface area contributed by atoms with Crippen molar-refractivity contribution in [2.45, 2.75) is 26.4 Å². The van der Waals surface area contributed by atoms with Crippen molar-refractivity contribution in [3.05, 3.63) is 75.4 Å². The van der Waals surface area contributed by atoms with Crippen molar-refractivity contribution in [1.29, 1.82) is 0 Å². The zero-order chi connectivity index (χ0) is 19.8. The van der Waals surface area contributed by atoms with Crippen molar-refractivity contribution in [1.82, 2.24) is 9.47 Å². The molecule has 3 heterocycles. The van der Waals surface area contributed by atoms with Gasteiger partial charge in [-0.1, -0.05) is 23.7 Å².